The van der Waals surface area contributed by atoms with Gasteiger partial charge >= 0.3 is 0 Å². The summed E-state index contributed by atoms with van der Waals surface area (Å²) in [7, 11) is 0. The fraction of sp³-hybridized carbons (Fsp3) is 0.375. The summed E-state index contributed by atoms with van der Waals surface area (Å²) in [4.78, 5) is 21.8. The Morgan fingerprint density at radius 1 is 1.17 bits per heavy atom. The van der Waals surface area contributed by atoms with Crippen LogP contribution in [0.3, 0.4) is 0 Å². The first kappa shape index (κ1) is 20.3. The van der Waals surface area contributed by atoms with Crippen molar-refractivity contribution in [3.63, 3.8) is 0 Å². The molecule has 0 aliphatic carbocycles. The second-order valence-electron chi connectivity index (χ2n) is 8.29. The van der Waals surface area contributed by atoms with Gasteiger partial charge in [-0.2, -0.15) is 0 Å². The molecular weight excluding hydrogens is 374 g/mol. The first-order valence-electron chi connectivity index (χ1n) is 10.7. The third kappa shape index (κ3) is 4.44. The first-order chi connectivity index (χ1) is 14.5. The van der Waals surface area contributed by atoms with Gasteiger partial charge in [-0.05, 0) is 68.1 Å². The maximum absolute atomic E-state index is 12.6. The van der Waals surface area contributed by atoms with Gasteiger partial charge in [0.25, 0.3) is 5.91 Å². The molecule has 3 aromatic rings. The molecular formula is C24H29N5O. The standard InChI is InChI=1S/C24H29N5O/c1-15(2)20-6-4-5-18-14-26-24(29-22(18)20)28-21-8-7-17(13-16(21)3)23(30)27-19-9-11-25-12-10-19/h4-8,13-15,19,25H,9-12H2,1-3H3,(H,27,30)(H,26,28,29). The van der Waals surface area contributed by atoms with Crippen molar-refractivity contribution in [3.8, 4) is 0 Å². The van der Waals surface area contributed by atoms with Gasteiger partial charge in [-0.3, -0.25) is 4.79 Å². The molecule has 1 aliphatic rings. The summed E-state index contributed by atoms with van der Waals surface area (Å²) in [5.74, 6) is 0.932. The average Bonchev–Trinajstić information content (AvgIpc) is 2.75. The van der Waals surface area contributed by atoms with Crippen molar-refractivity contribution in [2.45, 2.75) is 45.6 Å². The van der Waals surface area contributed by atoms with Crippen molar-refractivity contribution in [1.29, 1.82) is 0 Å². The van der Waals surface area contributed by atoms with Crippen molar-refractivity contribution in [2.75, 3.05) is 18.4 Å². The van der Waals surface area contributed by atoms with Gasteiger partial charge in [0.2, 0.25) is 5.95 Å². The molecule has 1 fully saturated rings. The van der Waals surface area contributed by atoms with Crippen LogP contribution in [0.2, 0.25) is 0 Å². The van der Waals surface area contributed by atoms with E-state index in [1.807, 2.05) is 43.5 Å². The van der Waals surface area contributed by atoms with Crippen LogP contribution in [0.5, 0.6) is 0 Å². The lowest BCUT2D eigenvalue weighted by Crippen LogP contribution is -2.42. The summed E-state index contributed by atoms with van der Waals surface area (Å²) in [6.45, 7) is 8.24. The van der Waals surface area contributed by atoms with E-state index in [0.29, 0.717) is 17.4 Å². The second-order valence-corrected chi connectivity index (χ2v) is 8.29. The highest BCUT2D eigenvalue weighted by Gasteiger charge is 2.17. The Kier molecular flexibility index (Phi) is 5.95. The van der Waals surface area contributed by atoms with E-state index in [0.717, 1.165) is 48.1 Å². The lowest BCUT2D eigenvalue weighted by atomic mass is 10.0. The molecule has 6 nitrogen and oxygen atoms in total. The number of amides is 1. The zero-order valence-electron chi connectivity index (χ0n) is 17.8. The molecule has 1 amide bonds. The molecule has 0 saturated carbocycles. The molecule has 1 saturated heterocycles. The van der Waals surface area contributed by atoms with Gasteiger partial charge in [0.05, 0.1) is 5.52 Å². The molecule has 0 radical (unpaired) electrons. The van der Waals surface area contributed by atoms with E-state index >= 15 is 0 Å². The Hall–Kier alpha value is -2.99. The third-order valence-electron chi connectivity index (χ3n) is 5.67. The van der Waals surface area contributed by atoms with E-state index in [1.165, 1.54) is 5.56 Å². The number of aromatic nitrogens is 2. The van der Waals surface area contributed by atoms with Crippen LogP contribution >= 0.6 is 0 Å². The fourth-order valence-corrected chi connectivity index (χ4v) is 3.91. The summed E-state index contributed by atoms with van der Waals surface area (Å²) in [6, 6.07) is 12.1. The normalized spacial score (nSPS) is 14.8. The van der Waals surface area contributed by atoms with E-state index in [9.17, 15) is 4.79 Å². The third-order valence-corrected chi connectivity index (χ3v) is 5.67. The van der Waals surface area contributed by atoms with Crippen LogP contribution in [0.1, 0.15) is 54.1 Å². The predicted molar refractivity (Wildman–Crippen MR) is 121 cm³/mol. The number of nitrogens with zero attached hydrogens (tertiary/aromatic N) is 2. The van der Waals surface area contributed by atoms with E-state index in [2.05, 4.69) is 40.8 Å². The molecule has 3 N–H and O–H groups in total. The van der Waals surface area contributed by atoms with Gasteiger partial charge < -0.3 is 16.0 Å². The van der Waals surface area contributed by atoms with Crippen LogP contribution < -0.4 is 16.0 Å². The maximum atomic E-state index is 12.6. The Morgan fingerprint density at radius 3 is 2.70 bits per heavy atom. The van der Waals surface area contributed by atoms with Crippen molar-refractivity contribution in [1.82, 2.24) is 20.6 Å². The smallest absolute Gasteiger partial charge is 0.251 e. The zero-order chi connectivity index (χ0) is 21.1. The van der Waals surface area contributed by atoms with Crippen LogP contribution in [-0.4, -0.2) is 35.0 Å². The zero-order valence-corrected chi connectivity index (χ0v) is 17.8. The monoisotopic (exact) mass is 403 g/mol. The Bertz CT molecular complexity index is 1060. The fourth-order valence-electron chi connectivity index (χ4n) is 3.91. The Morgan fingerprint density at radius 2 is 1.97 bits per heavy atom. The topological polar surface area (TPSA) is 78.9 Å². The van der Waals surface area contributed by atoms with Crippen molar-refractivity contribution in [3.05, 3.63) is 59.3 Å². The summed E-state index contributed by atoms with van der Waals surface area (Å²) < 4.78 is 0. The molecule has 156 valence electrons. The molecule has 2 aromatic carbocycles. The van der Waals surface area contributed by atoms with E-state index in [4.69, 9.17) is 4.98 Å². The van der Waals surface area contributed by atoms with Crippen LogP contribution in [0.25, 0.3) is 10.9 Å². The van der Waals surface area contributed by atoms with Gasteiger partial charge in [-0.25, -0.2) is 9.97 Å². The minimum Gasteiger partial charge on any atom is -0.349 e. The average molecular weight is 404 g/mol. The lowest BCUT2D eigenvalue weighted by Gasteiger charge is -2.23. The minimum atomic E-state index is -0.0138. The van der Waals surface area contributed by atoms with E-state index in [1.54, 1.807) is 0 Å². The number of nitrogens with one attached hydrogen (secondary N) is 3. The number of para-hydroxylation sites is 1. The number of hydrogen-bond donors (Lipinski definition) is 3. The summed E-state index contributed by atoms with van der Waals surface area (Å²) >= 11 is 0. The molecule has 1 aromatic heterocycles. The Labute approximate surface area is 177 Å². The van der Waals surface area contributed by atoms with Crippen LogP contribution in [0, 0.1) is 6.92 Å². The van der Waals surface area contributed by atoms with Crippen LogP contribution in [0.4, 0.5) is 11.6 Å². The SMILES string of the molecule is Cc1cc(C(=O)NC2CCNCC2)ccc1Nc1ncc2cccc(C(C)C)c2n1. The number of fused-ring (bicyclic) bond motifs is 1. The van der Waals surface area contributed by atoms with Gasteiger partial charge in [0.15, 0.2) is 0 Å². The van der Waals surface area contributed by atoms with E-state index < -0.39 is 0 Å². The highest BCUT2D eigenvalue weighted by Crippen LogP contribution is 2.26. The van der Waals surface area contributed by atoms with Crippen LogP contribution in [0.15, 0.2) is 42.6 Å². The van der Waals surface area contributed by atoms with E-state index in [-0.39, 0.29) is 11.9 Å². The molecule has 0 atom stereocenters. The number of aryl methyl sites for hydroxylation is 1. The number of hydrogen-bond acceptors (Lipinski definition) is 5. The molecule has 1 aliphatic heterocycles. The number of anilines is 2. The van der Waals surface area contributed by atoms with Crippen molar-refractivity contribution in [2.24, 2.45) is 0 Å². The number of carbonyl (C=O) groups is 1. The molecule has 0 bridgehead atoms. The highest BCUT2D eigenvalue weighted by atomic mass is 16.1. The number of rotatable bonds is 5. The van der Waals surface area contributed by atoms with Crippen LogP contribution in [-0.2, 0) is 0 Å². The molecule has 30 heavy (non-hydrogen) atoms. The summed E-state index contributed by atoms with van der Waals surface area (Å²) in [5, 5.41) is 10.8. The van der Waals surface area contributed by atoms with Gasteiger partial charge in [0.1, 0.15) is 0 Å². The largest absolute Gasteiger partial charge is 0.349 e. The molecule has 4 rings (SSSR count). The molecule has 0 unspecified atom stereocenters. The summed E-state index contributed by atoms with van der Waals surface area (Å²) in [5.41, 5.74) is 4.74. The molecule has 0 spiro atoms. The Balaban J connectivity index is 1.52. The summed E-state index contributed by atoms with van der Waals surface area (Å²) in [6.07, 6.45) is 3.80. The highest BCUT2D eigenvalue weighted by molar-refractivity contribution is 5.95. The van der Waals surface area contributed by atoms with Gasteiger partial charge in [0, 0.05) is 28.9 Å². The predicted octanol–water partition coefficient (Wildman–Crippen LogP) is 4.29. The van der Waals surface area contributed by atoms with Crippen molar-refractivity contribution >= 4 is 28.4 Å². The van der Waals surface area contributed by atoms with Crippen molar-refractivity contribution < 1.29 is 4.79 Å². The number of piperidine rings is 1. The first-order valence-corrected chi connectivity index (χ1v) is 10.7. The molecule has 2 heterocycles. The number of benzene rings is 2. The minimum absolute atomic E-state index is 0.0138. The van der Waals surface area contributed by atoms with Gasteiger partial charge in [-0.15, -0.1) is 0 Å². The second kappa shape index (κ2) is 8.79. The maximum Gasteiger partial charge on any atom is 0.251 e. The lowest BCUT2D eigenvalue weighted by molar-refractivity contribution is 0.0929. The quantitative estimate of drug-likeness (QED) is 0.592. The molecule has 6 heteroatoms. The number of carbonyl (C=O) groups excluding carboxylic acids is 1. The van der Waals surface area contributed by atoms with Gasteiger partial charge in [-0.1, -0.05) is 32.0 Å².